The number of benzene rings is 1. The van der Waals surface area contributed by atoms with Crippen LogP contribution in [-0.2, 0) is 20.7 Å². The molecule has 1 unspecified atom stereocenters. The summed E-state index contributed by atoms with van der Waals surface area (Å²) in [6, 6.07) is 3.27. The standard InChI is InChI=1S/C19H25ClF3NO3/c1-11(17(26)27-18(3,4)5)10-13-6-7-14(20)16(12(13)2)24-15(25)8-9-19(21,22)23/h6-7,11H,8-10H2,1-5H3,(H,24,25). The number of rotatable bonds is 6. The van der Waals surface area contributed by atoms with Crippen LogP contribution in [0.15, 0.2) is 12.1 Å². The predicted octanol–water partition coefficient (Wildman–Crippen LogP) is 5.45. The van der Waals surface area contributed by atoms with Crippen molar-refractivity contribution < 1.29 is 27.5 Å². The zero-order valence-electron chi connectivity index (χ0n) is 16.1. The second-order valence-corrected chi connectivity index (χ2v) is 7.92. The molecule has 0 heterocycles. The third-order valence-corrected chi connectivity index (χ3v) is 4.08. The van der Waals surface area contributed by atoms with Gasteiger partial charge in [-0.1, -0.05) is 24.6 Å². The van der Waals surface area contributed by atoms with Crippen molar-refractivity contribution in [1.29, 1.82) is 0 Å². The molecule has 1 N–H and O–H groups in total. The Labute approximate surface area is 162 Å². The number of amides is 1. The highest BCUT2D eigenvalue weighted by Crippen LogP contribution is 2.31. The van der Waals surface area contributed by atoms with Crippen LogP contribution in [-0.4, -0.2) is 23.7 Å². The molecule has 8 heteroatoms. The first-order chi connectivity index (χ1) is 12.2. The molecule has 0 bridgehead atoms. The summed E-state index contributed by atoms with van der Waals surface area (Å²) in [6.07, 6.45) is -5.94. The zero-order valence-corrected chi connectivity index (χ0v) is 16.8. The molecule has 1 rings (SSSR count). The van der Waals surface area contributed by atoms with Crippen LogP contribution in [0.2, 0.25) is 5.02 Å². The number of hydrogen-bond donors (Lipinski definition) is 1. The summed E-state index contributed by atoms with van der Waals surface area (Å²) >= 11 is 6.09. The van der Waals surface area contributed by atoms with Gasteiger partial charge in [-0.05, 0) is 51.3 Å². The van der Waals surface area contributed by atoms with Crippen molar-refractivity contribution in [2.75, 3.05) is 5.32 Å². The van der Waals surface area contributed by atoms with Gasteiger partial charge in [-0.3, -0.25) is 9.59 Å². The van der Waals surface area contributed by atoms with Crippen LogP contribution in [0.1, 0.15) is 51.7 Å². The van der Waals surface area contributed by atoms with Crippen LogP contribution in [0, 0.1) is 12.8 Å². The molecule has 0 aliphatic carbocycles. The number of anilines is 1. The van der Waals surface area contributed by atoms with Crippen molar-refractivity contribution in [1.82, 2.24) is 0 Å². The van der Waals surface area contributed by atoms with Crippen LogP contribution in [0.4, 0.5) is 18.9 Å². The molecule has 152 valence electrons. The fourth-order valence-corrected chi connectivity index (χ4v) is 2.62. The summed E-state index contributed by atoms with van der Waals surface area (Å²) in [6.45, 7) is 8.76. The Kier molecular flexibility index (Phi) is 7.72. The lowest BCUT2D eigenvalue weighted by molar-refractivity contribution is -0.159. The molecule has 0 fully saturated rings. The number of carbonyl (C=O) groups is 2. The first-order valence-electron chi connectivity index (χ1n) is 8.57. The van der Waals surface area contributed by atoms with Gasteiger partial charge >= 0.3 is 12.1 Å². The predicted molar refractivity (Wildman–Crippen MR) is 98.8 cm³/mol. The molecular weight excluding hydrogens is 383 g/mol. The Morgan fingerprint density at radius 1 is 1.22 bits per heavy atom. The number of hydrogen-bond acceptors (Lipinski definition) is 3. The highest BCUT2D eigenvalue weighted by atomic mass is 35.5. The second kappa shape index (κ2) is 8.95. The maximum Gasteiger partial charge on any atom is 0.389 e. The van der Waals surface area contributed by atoms with Crippen LogP contribution in [0.25, 0.3) is 0 Å². The molecule has 0 aromatic heterocycles. The van der Waals surface area contributed by atoms with E-state index in [1.807, 2.05) is 0 Å². The third kappa shape index (κ3) is 8.20. The van der Waals surface area contributed by atoms with Gasteiger partial charge in [0.15, 0.2) is 0 Å². The van der Waals surface area contributed by atoms with E-state index in [9.17, 15) is 22.8 Å². The minimum absolute atomic E-state index is 0.224. The normalized spacial score (nSPS) is 13.2. The minimum Gasteiger partial charge on any atom is -0.460 e. The maximum absolute atomic E-state index is 12.3. The van der Waals surface area contributed by atoms with Gasteiger partial charge < -0.3 is 10.1 Å². The fraction of sp³-hybridized carbons (Fsp3) is 0.579. The molecule has 1 aromatic carbocycles. The quantitative estimate of drug-likeness (QED) is 0.638. The van der Waals surface area contributed by atoms with E-state index in [0.29, 0.717) is 12.0 Å². The third-order valence-electron chi connectivity index (χ3n) is 3.76. The first kappa shape index (κ1) is 23.3. The maximum atomic E-state index is 12.3. The van der Waals surface area contributed by atoms with E-state index in [4.69, 9.17) is 16.3 Å². The highest BCUT2D eigenvalue weighted by Gasteiger charge is 2.28. The van der Waals surface area contributed by atoms with Crippen molar-refractivity contribution in [3.63, 3.8) is 0 Å². The molecule has 0 spiro atoms. The SMILES string of the molecule is Cc1c(CC(C)C(=O)OC(C)(C)C)ccc(Cl)c1NC(=O)CCC(F)(F)F. The number of carbonyl (C=O) groups excluding carboxylic acids is 2. The van der Waals surface area contributed by atoms with E-state index in [1.165, 1.54) is 0 Å². The monoisotopic (exact) mass is 407 g/mol. The Hall–Kier alpha value is -1.76. The Morgan fingerprint density at radius 2 is 1.81 bits per heavy atom. The number of halogens is 4. The average molecular weight is 408 g/mol. The van der Waals surface area contributed by atoms with Gasteiger partial charge in [-0.15, -0.1) is 0 Å². The summed E-state index contributed by atoms with van der Waals surface area (Å²) in [4.78, 5) is 24.0. The van der Waals surface area contributed by atoms with Gasteiger partial charge in [0.2, 0.25) is 5.91 Å². The second-order valence-electron chi connectivity index (χ2n) is 7.51. The van der Waals surface area contributed by atoms with E-state index in [0.717, 1.165) is 5.56 Å². The smallest absolute Gasteiger partial charge is 0.389 e. The van der Waals surface area contributed by atoms with E-state index in [-0.39, 0.29) is 16.7 Å². The van der Waals surface area contributed by atoms with Crippen molar-refractivity contribution >= 4 is 29.2 Å². The van der Waals surface area contributed by atoms with Gasteiger partial charge in [0.05, 0.1) is 23.0 Å². The summed E-state index contributed by atoms with van der Waals surface area (Å²) in [7, 11) is 0. The van der Waals surface area contributed by atoms with Crippen molar-refractivity contribution in [2.45, 2.75) is 65.7 Å². The zero-order chi connectivity index (χ0) is 21.0. The molecule has 1 atom stereocenters. The lowest BCUT2D eigenvalue weighted by atomic mass is 9.96. The first-order valence-corrected chi connectivity index (χ1v) is 8.95. The Morgan fingerprint density at radius 3 is 2.33 bits per heavy atom. The summed E-state index contributed by atoms with van der Waals surface area (Å²) in [5.41, 5.74) is 1.03. The van der Waals surface area contributed by atoms with Crippen molar-refractivity contribution in [3.05, 3.63) is 28.3 Å². The van der Waals surface area contributed by atoms with Gasteiger partial charge in [0.25, 0.3) is 0 Å². The number of alkyl halides is 3. The number of ether oxygens (including phenoxy) is 1. The van der Waals surface area contributed by atoms with Gasteiger partial charge in [-0.2, -0.15) is 13.2 Å². The van der Waals surface area contributed by atoms with Gasteiger partial charge in [0, 0.05) is 6.42 Å². The largest absolute Gasteiger partial charge is 0.460 e. The summed E-state index contributed by atoms with van der Waals surface area (Å²) in [5, 5.41) is 2.67. The van der Waals surface area contributed by atoms with Gasteiger partial charge in [-0.25, -0.2) is 0 Å². The van der Waals surface area contributed by atoms with Crippen LogP contribution in [0.5, 0.6) is 0 Å². The molecule has 0 saturated heterocycles. The van der Waals surface area contributed by atoms with Crippen LogP contribution < -0.4 is 5.32 Å². The topological polar surface area (TPSA) is 55.4 Å². The van der Waals surface area contributed by atoms with E-state index in [2.05, 4.69) is 5.32 Å². The molecule has 0 aliphatic heterocycles. The molecule has 0 saturated carbocycles. The summed E-state index contributed by atoms with van der Waals surface area (Å²) in [5.74, 6) is -1.56. The fourth-order valence-electron chi connectivity index (χ4n) is 2.37. The molecule has 1 amide bonds. The van der Waals surface area contributed by atoms with Crippen molar-refractivity contribution in [3.8, 4) is 0 Å². The van der Waals surface area contributed by atoms with Crippen LogP contribution >= 0.6 is 11.6 Å². The highest BCUT2D eigenvalue weighted by molar-refractivity contribution is 6.34. The van der Waals surface area contributed by atoms with Gasteiger partial charge in [0.1, 0.15) is 5.60 Å². The van der Waals surface area contributed by atoms with Crippen LogP contribution in [0.3, 0.4) is 0 Å². The molecule has 4 nitrogen and oxygen atoms in total. The molecular formula is C19H25ClF3NO3. The molecule has 0 radical (unpaired) electrons. The minimum atomic E-state index is -4.40. The van der Waals surface area contributed by atoms with E-state index in [1.54, 1.807) is 46.8 Å². The lowest BCUT2D eigenvalue weighted by Crippen LogP contribution is -2.28. The molecule has 0 aliphatic rings. The van der Waals surface area contributed by atoms with Crippen molar-refractivity contribution in [2.24, 2.45) is 5.92 Å². The number of nitrogens with one attached hydrogen (secondary N) is 1. The molecule has 1 aromatic rings. The average Bonchev–Trinajstić information content (AvgIpc) is 2.49. The lowest BCUT2D eigenvalue weighted by Gasteiger charge is -2.23. The van der Waals surface area contributed by atoms with E-state index >= 15 is 0 Å². The molecule has 27 heavy (non-hydrogen) atoms. The number of esters is 1. The van der Waals surface area contributed by atoms with E-state index < -0.39 is 36.4 Å². The Balaban J connectivity index is 2.89. The summed E-state index contributed by atoms with van der Waals surface area (Å²) < 4.78 is 42.1. The Bertz CT molecular complexity index is 697.